The normalized spacial score (nSPS) is 20.5. The average molecular weight is 195 g/mol. The lowest BCUT2D eigenvalue weighted by Crippen LogP contribution is -2.25. The SMILES string of the molecule is NCC[C@@H]1CSc2ccccc2O1. The number of para-hydroxylation sites is 1. The molecule has 2 nitrogen and oxygen atoms in total. The van der Waals surface area contributed by atoms with Crippen molar-refractivity contribution in [3.63, 3.8) is 0 Å². The van der Waals surface area contributed by atoms with Crippen LogP contribution in [0.5, 0.6) is 5.75 Å². The molecule has 13 heavy (non-hydrogen) atoms. The molecule has 0 bridgehead atoms. The standard InChI is InChI=1S/C10H13NOS/c11-6-5-8-7-13-10-4-2-1-3-9(10)12-8/h1-4,8H,5-7,11H2/t8-/m1/s1. The van der Waals surface area contributed by atoms with Crippen molar-refractivity contribution in [2.24, 2.45) is 5.73 Å². The van der Waals surface area contributed by atoms with E-state index < -0.39 is 0 Å². The van der Waals surface area contributed by atoms with E-state index in [4.69, 9.17) is 10.5 Å². The summed E-state index contributed by atoms with van der Waals surface area (Å²) in [7, 11) is 0. The van der Waals surface area contributed by atoms with Gasteiger partial charge in [-0.05, 0) is 25.1 Å². The lowest BCUT2D eigenvalue weighted by molar-refractivity contribution is 0.208. The van der Waals surface area contributed by atoms with Crippen LogP contribution in [0.1, 0.15) is 6.42 Å². The molecule has 1 aliphatic rings. The van der Waals surface area contributed by atoms with Gasteiger partial charge in [0.2, 0.25) is 0 Å². The zero-order chi connectivity index (χ0) is 9.10. The van der Waals surface area contributed by atoms with Crippen molar-refractivity contribution in [1.82, 2.24) is 0 Å². The molecule has 2 rings (SSSR count). The smallest absolute Gasteiger partial charge is 0.133 e. The molecule has 0 unspecified atom stereocenters. The molecule has 1 heterocycles. The summed E-state index contributed by atoms with van der Waals surface area (Å²) in [6.07, 6.45) is 1.24. The van der Waals surface area contributed by atoms with E-state index >= 15 is 0 Å². The van der Waals surface area contributed by atoms with Crippen molar-refractivity contribution < 1.29 is 4.74 Å². The lowest BCUT2D eigenvalue weighted by atomic mass is 10.2. The molecule has 1 aliphatic heterocycles. The van der Waals surface area contributed by atoms with Gasteiger partial charge in [-0.3, -0.25) is 0 Å². The molecule has 0 radical (unpaired) electrons. The molecule has 1 aromatic carbocycles. The van der Waals surface area contributed by atoms with Gasteiger partial charge in [-0.2, -0.15) is 0 Å². The molecule has 0 amide bonds. The van der Waals surface area contributed by atoms with E-state index in [9.17, 15) is 0 Å². The van der Waals surface area contributed by atoms with Crippen LogP contribution in [0, 0.1) is 0 Å². The van der Waals surface area contributed by atoms with Crippen LogP contribution in [0.25, 0.3) is 0 Å². The first kappa shape index (κ1) is 8.91. The summed E-state index contributed by atoms with van der Waals surface area (Å²) < 4.78 is 5.77. The van der Waals surface area contributed by atoms with Gasteiger partial charge in [-0.25, -0.2) is 0 Å². The number of thioether (sulfide) groups is 1. The molecule has 0 aromatic heterocycles. The summed E-state index contributed by atoms with van der Waals surface area (Å²) in [5.74, 6) is 2.03. The Balaban J connectivity index is 2.11. The number of nitrogens with two attached hydrogens (primary N) is 1. The van der Waals surface area contributed by atoms with Crippen molar-refractivity contribution in [3.05, 3.63) is 24.3 Å². The van der Waals surface area contributed by atoms with Crippen LogP contribution in [-0.2, 0) is 0 Å². The molecule has 3 heteroatoms. The third kappa shape index (κ3) is 1.98. The highest BCUT2D eigenvalue weighted by molar-refractivity contribution is 7.99. The topological polar surface area (TPSA) is 35.2 Å². The molecular weight excluding hydrogens is 182 g/mol. The summed E-state index contributed by atoms with van der Waals surface area (Å²) in [5, 5.41) is 0. The maximum Gasteiger partial charge on any atom is 0.133 e. The van der Waals surface area contributed by atoms with Gasteiger partial charge in [0.15, 0.2) is 0 Å². The second-order valence-electron chi connectivity index (χ2n) is 3.07. The van der Waals surface area contributed by atoms with E-state index in [-0.39, 0.29) is 0 Å². The largest absolute Gasteiger partial charge is 0.488 e. The van der Waals surface area contributed by atoms with Gasteiger partial charge < -0.3 is 10.5 Å². The van der Waals surface area contributed by atoms with Gasteiger partial charge in [0.05, 0.1) is 0 Å². The Labute approximate surface area is 82.5 Å². The van der Waals surface area contributed by atoms with E-state index in [0.717, 1.165) is 17.9 Å². The number of benzene rings is 1. The molecule has 0 saturated heterocycles. The molecule has 0 spiro atoms. The number of hydrogen-bond acceptors (Lipinski definition) is 3. The first-order valence-corrected chi connectivity index (χ1v) is 5.47. The third-order valence-corrected chi connectivity index (χ3v) is 3.24. The van der Waals surface area contributed by atoms with Gasteiger partial charge in [-0.1, -0.05) is 12.1 Å². The lowest BCUT2D eigenvalue weighted by Gasteiger charge is -2.24. The molecule has 1 aromatic rings. The molecule has 1 atom stereocenters. The Morgan fingerprint density at radius 3 is 3.15 bits per heavy atom. The minimum Gasteiger partial charge on any atom is -0.488 e. The van der Waals surface area contributed by atoms with Gasteiger partial charge >= 0.3 is 0 Å². The summed E-state index contributed by atoms with van der Waals surface area (Å²) >= 11 is 1.86. The van der Waals surface area contributed by atoms with Gasteiger partial charge in [-0.15, -0.1) is 11.8 Å². The molecule has 2 N–H and O–H groups in total. The predicted molar refractivity (Wildman–Crippen MR) is 55.3 cm³/mol. The van der Waals surface area contributed by atoms with Crippen molar-refractivity contribution in [3.8, 4) is 5.75 Å². The highest BCUT2D eigenvalue weighted by Gasteiger charge is 2.18. The average Bonchev–Trinajstić information content (AvgIpc) is 2.18. The van der Waals surface area contributed by atoms with E-state index in [2.05, 4.69) is 6.07 Å². The van der Waals surface area contributed by atoms with Crippen LogP contribution < -0.4 is 10.5 Å². The Morgan fingerprint density at radius 2 is 2.31 bits per heavy atom. The number of rotatable bonds is 2. The van der Waals surface area contributed by atoms with Crippen molar-refractivity contribution in [1.29, 1.82) is 0 Å². The summed E-state index contributed by atoms with van der Waals surface area (Å²) in [4.78, 5) is 1.25. The first-order chi connectivity index (χ1) is 6.40. The van der Waals surface area contributed by atoms with Gasteiger partial charge in [0.1, 0.15) is 11.9 Å². The second kappa shape index (κ2) is 4.03. The minimum absolute atomic E-state index is 0.296. The van der Waals surface area contributed by atoms with E-state index in [1.165, 1.54) is 4.90 Å². The van der Waals surface area contributed by atoms with E-state index in [0.29, 0.717) is 12.6 Å². The van der Waals surface area contributed by atoms with Crippen molar-refractivity contribution >= 4 is 11.8 Å². The van der Waals surface area contributed by atoms with Crippen LogP contribution in [0.2, 0.25) is 0 Å². The highest BCUT2D eigenvalue weighted by Crippen LogP contribution is 2.35. The van der Waals surface area contributed by atoms with Crippen LogP contribution in [0.3, 0.4) is 0 Å². The van der Waals surface area contributed by atoms with Crippen LogP contribution >= 0.6 is 11.8 Å². The van der Waals surface area contributed by atoms with Gasteiger partial charge in [0.25, 0.3) is 0 Å². The first-order valence-electron chi connectivity index (χ1n) is 4.48. The summed E-state index contributed by atoms with van der Waals surface area (Å²) in [6, 6.07) is 8.16. The van der Waals surface area contributed by atoms with E-state index in [1.54, 1.807) is 0 Å². The molecular formula is C10H13NOS. The van der Waals surface area contributed by atoms with Crippen LogP contribution in [0.4, 0.5) is 0 Å². The fourth-order valence-corrected chi connectivity index (χ4v) is 2.42. The highest BCUT2D eigenvalue weighted by atomic mass is 32.2. The molecule has 0 saturated carbocycles. The maximum atomic E-state index is 5.77. The molecule has 0 aliphatic carbocycles. The third-order valence-electron chi connectivity index (χ3n) is 2.06. The predicted octanol–water partition coefficient (Wildman–Crippen LogP) is 1.89. The zero-order valence-corrected chi connectivity index (χ0v) is 8.22. The minimum atomic E-state index is 0.296. The zero-order valence-electron chi connectivity index (χ0n) is 7.40. The summed E-state index contributed by atoms with van der Waals surface area (Å²) in [6.45, 7) is 0.702. The maximum absolute atomic E-state index is 5.77. The number of fused-ring (bicyclic) bond motifs is 1. The Bertz CT molecular complexity index is 290. The monoisotopic (exact) mass is 195 g/mol. The fourth-order valence-electron chi connectivity index (χ4n) is 1.39. The fraction of sp³-hybridized carbons (Fsp3) is 0.400. The Morgan fingerprint density at radius 1 is 1.46 bits per heavy atom. The second-order valence-corrected chi connectivity index (χ2v) is 4.14. The van der Waals surface area contributed by atoms with E-state index in [1.807, 2.05) is 30.0 Å². The van der Waals surface area contributed by atoms with Crippen LogP contribution in [-0.4, -0.2) is 18.4 Å². The van der Waals surface area contributed by atoms with Gasteiger partial charge in [0, 0.05) is 10.6 Å². The molecule has 0 fully saturated rings. The quantitative estimate of drug-likeness (QED) is 0.782. The number of hydrogen-bond donors (Lipinski definition) is 1. The van der Waals surface area contributed by atoms with Crippen molar-refractivity contribution in [2.75, 3.05) is 12.3 Å². The molecule has 70 valence electrons. The summed E-state index contributed by atoms with van der Waals surface area (Å²) in [5.41, 5.74) is 5.49. The number of ether oxygens (including phenoxy) is 1. The Kier molecular flexibility index (Phi) is 2.76. The Hall–Kier alpha value is -0.670. The van der Waals surface area contributed by atoms with Crippen molar-refractivity contribution in [2.45, 2.75) is 17.4 Å². The van der Waals surface area contributed by atoms with Crippen LogP contribution in [0.15, 0.2) is 29.2 Å².